The molecule has 2 heterocycles. The van der Waals surface area contributed by atoms with Gasteiger partial charge in [0.25, 0.3) is 0 Å². The van der Waals surface area contributed by atoms with E-state index in [9.17, 15) is 8.42 Å². The zero-order valence-corrected chi connectivity index (χ0v) is 8.95. The lowest BCUT2D eigenvalue weighted by Crippen LogP contribution is -2.11. The molecule has 3 nitrogen and oxygen atoms in total. The molecule has 6 heteroatoms. The Hall–Kier alpha value is -0.170. The number of hydrogen-bond donors (Lipinski definition) is 1. The van der Waals surface area contributed by atoms with Crippen LogP contribution in [0, 0.1) is 0 Å². The number of rotatable bonds is 1. The highest BCUT2D eigenvalue weighted by Gasteiger charge is 2.29. The van der Waals surface area contributed by atoms with E-state index >= 15 is 0 Å². The molecule has 1 unspecified atom stereocenters. The first-order chi connectivity index (χ1) is 6.07. The maximum absolute atomic E-state index is 11.0. The third-order valence-electron chi connectivity index (χ3n) is 1.63. The van der Waals surface area contributed by atoms with Crippen LogP contribution >= 0.6 is 23.5 Å². The van der Waals surface area contributed by atoms with Crippen molar-refractivity contribution in [3.63, 3.8) is 0 Å². The molecule has 0 aromatic carbocycles. The molecule has 0 amide bonds. The molecule has 70 valence electrons. The molecule has 0 aliphatic carbocycles. The first-order valence-corrected chi connectivity index (χ1v) is 6.87. The first-order valence-electron chi connectivity index (χ1n) is 3.51. The average molecular weight is 233 g/mol. The second-order valence-corrected chi connectivity index (χ2v) is 6.84. The van der Waals surface area contributed by atoms with Gasteiger partial charge in [0, 0.05) is 0 Å². The Morgan fingerprint density at radius 3 is 2.85 bits per heavy atom. The molecule has 0 saturated heterocycles. The summed E-state index contributed by atoms with van der Waals surface area (Å²) in [4.78, 5) is 0. The van der Waals surface area contributed by atoms with Crippen LogP contribution in [0.5, 0.6) is 0 Å². The van der Waals surface area contributed by atoms with E-state index in [0.717, 1.165) is 5.57 Å². The molecule has 0 spiro atoms. The number of nitrogens with two attached hydrogens (primary N) is 1. The predicted molar refractivity (Wildman–Crippen MR) is 57.4 cm³/mol. The molecule has 13 heavy (non-hydrogen) atoms. The largest absolute Gasteiger partial charge is 0.244 e. The van der Waals surface area contributed by atoms with Gasteiger partial charge in [0.1, 0.15) is 4.24 Å². The van der Waals surface area contributed by atoms with Crippen LogP contribution in [-0.2, 0) is 10.0 Å². The van der Waals surface area contributed by atoms with Gasteiger partial charge in [0.2, 0.25) is 10.0 Å². The fraction of sp³-hybridized carbons (Fsp3) is 0.143. The summed E-state index contributed by atoms with van der Waals surface area (Å²) < 4.78 is 22.4. The normalized spacial score (nSPS) is 26.7. The number of fused-ring (bicyclic) bond motifs is 1. The zero-order chi connectivity index (χ0) is 9.47. The van der Waals surface area contributed by atoms with Crippen LogP contribution in [0.4, 0.5) is 0 Å². The highest BCUT2D eigenvalue weighted by molar-refractivity contribution is 8.26. The van der Waals surface area contributed by atoms with Crippen molar-refractivity contribution in [1.82, 2.24) is 0 Å². The van der Waals surface area contributed by atoms with Crippen molar-refractivity contribution in [3.05, 3.63) is 33.4 Å². The van der Waals surface area contributed by atoms with E-state index < -0.39 is 10.0 Å². The van der Waals surface area contributed by atoms with Gasteiger partial charge in [0.15, 0.2) is 0 Å². The maximum atomic E-state index is 11.0. The number of hydrogen-bond acceptors (Lipinski definition) is 4. The Bertz CT molecular complexity index is 419. The summed E-state index contributed by atoms with van der Waals surface area (Å²) in [5.74, 6) is 0. The first kappa shape index (κ1) is 9.39. The number of primary sulfonamides is 1. The number of thioether (sulfide) groups is 2. The van der Waals surface area contributed by atoms with Crippen molar-refractivity contribution in [3.8, 4) is 0 Å². The Morgan fingerprint density at radius 2 is 2.23 bits per heavy atom. The molecular formula is C7H7NO2S3. The van der Waals surface area contributed by atoms with E-state index in [-0.39, 0.29) is 8.82 Å². The minimum atomic E-state index is -3.52. The molecule has 0 saturated carbocycles. The van der Waals surface area contributed by atoms with Gasteiger partial charge in [-0.3, -0.25) is 0 Å². The molecule has 1 atom stereocenters. The summed E-state index contributed by atoms with van der Waals surface area (Å²) in [6, 6.07) is 0. The smallest absolute Gasteiger partial charge is 0.224 e. The van der Waals surface area contributed by atoms with Gasteiger partial charge < -0.3 is 0 Å². The van der Waals surface area contributed by atoms with Gasteiger partial charge in [0.05, 0.1) is 4.58 Å². The van der Waals surface area contributed by atoms with Crippen molar-refractivity contribution in [2.24, 2.45) is 5.14 Å². The Morgan fingerprint density at radius 1 is 1.46 bits per heavy atom. The Balaban J connectivity index is 2.36. The fourth-order valence-corrected chi connectivity index (χ4v) is 4.41. The van der Waals surface area contributed by atoms with Gasteiger partial charge >= 0.3 is 0 Å². The van der Waals surface area contributed by atoms with Gasteiger partial charge in [-0.2, -0.15) is 0 Å². The van der Waals surface area contributed by atoms with Gasteiger partial charge in [-0.15, -0.1) is 11.8 Å². The number of sulfonamides is 1. The predicted octanol–water partition coefficient (Wildman–Crippen LogP) is 1.38. The molecule has 2 aliphatic heterocycles. The van der Waals surface area contributed by atoms with E-state index in [0.29, 0.717) is 0 Å². The average Bonchev–Trinajstić information content (AvgIpc) is 2.45. The SMILES string of the molecule is NS(=O)(=O)C1=CC2=CC=CSC2S1. The van der Waals surface area contributed by atoms with E-state index in [1.54, 1.807) is 17.8 Å². The summed E-state index contributed by atoms with van der Waals surface area (Å²) >= 11 is 2.89. The lowest BCUT2D eigenvalue weighted by atomic mass is 10.3. The van der Waals surface area contributed by atoms with Crippen molar-refractivity contribution >= 4 is 33.5 Å². The third kappa shape index (κ3) is 1.85. The summed E-state index contributed by atoms with van der Waals surface area (Å²) in [7, 11) is -3.52. The second kappa shape index (κ2) is 3.20. The summed E-state index contributed by atoms with van der Waals surface area (Å²) in [5.41, 5.74) is 1.02. The van der Waals surface area contributed by atoms with E-state index in [1.165, 1.54) is 11.8 Å². The summed E-state index contributed by atoms with van der Waals surface area (Å²) in [5, 5.41) is 6.97. The van der Waals surface area contributed by atoms with Crippen molar-refractivity contribution in [2.75, 3.05) is 0 Å². The molecule has 0 fully saturated rings. The van der Waals surface area contributed by atoms with Crippen molar-refractivity contribution in [1.29, 1.82) is 0 Å². The Kier molecular flexibility index (Phi) is 2.31. The summed E-state index contributed by atoms with van der Waals surface area (Å²) in [6.45, 7) is 0. The van der Waals surface area contributed by atoms with Crippen LogP contribution in [0.3, 0.4) is 0 Å². The highest BCUT2D eigenvalue weighted by atomic mass is 32.3. The molecular weight excluding hydrogens is 226 g/mol. The van der Waals surface area contributed by atoms with Gasteiger partial charge in [-0.25, -0.2) is 13.6 Å². The monoisotopic (exact) mass is 233 g/mol. The molecule has 0 aromatic rings. The maximum Gasteiger partial charge on any atom is 0.244 e. The molecule has 0 bridgehead atoms. The molecule has 2 N–H and O–H groups in total. The lowest BCUT2D eigenvalue weighted by molar-refractivity contribution is 0.605. The van der Waals surface area contributed by atoms with Crippen LogP contribution in [0.25, 0.3) is 0 Å². The van der Waals surface area contributed by atoms with E-state index in [4.69, 9.17) is 5.14 Å². The van der Waals surface area contributed by atoms with E-state index in [1.807, 2.05) is 17.6 Å². The van der Waals surface area contributed by atoms with Crippen molar-refractivity contribution < 1.29 is 8.42 Å². The van der Waals surface area contributed by atoms with Gasteiger partial charge in [-0.05, 0) is 17.1 Å². The second-order valence-electron chi connectivity index (χ2n) is 2.59. The topological polar surface area (TPSA) is 60.2 Å². The van der Waals surface area contributed by atoms with Crippen LogP contribution in [-0.4, -0.2) is 13.0 Å². The van der Waals surface area contributed by atoms with Crippen LogP contribution in [0.15, 0.2) is 33.4 Å². The summed E-state index contributed by atoms with van der Waals surface area (Å²) in [6.07, 6.45) is 5.45. The minimum Gasteiger partial charge on any atom is -0.224 e. The lowest BCUT2D eigenvalue weighted by Gasteiger charge is -2.10. The fourth-order valence-electron chi connectivity index (χ4n) is 1.06. The molecule has 0 radical (unpaired) electrons. The van der Waals surface area contributed by atoms with Gasteiger partial charge in [-0.1, -0.05) is 23.9 Å². The quantitative estimate of drug-likeness (QED) is 0.743. The number of allylic oxidation sites excluding steroid dienone is 3. The van der Waals surface area contributed by atoms with Crippen LogP contribution in [0.1, 0.15) is 0 Å². The molecule has 2 rings (SSSR count). The van der Waals surface area contributed by atoms with Crippen molar-refractivity contribution in [2.45, 2.75) is 4.58 Å². The molecule has 2 aliphatic rings. The van der Waals surface area contributed by atoms with Crippen LogP contribution < -0.4 is 5.14 Å². The highest BCUT2D eigenvalue weighted by Crippen LogP contribution is 2.45. The zero-order valence-electron chi connectivity index (χ0n) is 6.51. The van der Waals surface area contributed by atoms with Crippen LogP contribution in [0.2, 0.25) is 0 Å². The third-order valence-corrected chi connectivity index (χ3v) is 5.59. The minimum absolute atomic E-state index is 0.165. The Labute approximate surface area is 85.2 Å². The standard InChI is InChI=1S/C7H7NO2S3/c8-13(9,10)6-4-5-2-1-3-11-7(5)12-6/h1-4,7H,(H2,8,9,10). The van der Waals surface area contributed by atoms with E-state index in [2.05, 4.69) is 0 Å². The molecule has 0 aromatic heterocycles.